The summed E-state index contributed by atoms with van der Waals surface area (Å²) in [5.41, 5.74) is 1.37. The van der Waals surface area contributed by atoms with E-state index in [2.05, 4.69) is 10.3 Å². The monoisotopic (exact) mass is 286 g/mol. The van der Waals surface area contributed by atoms with Crippen LogP contribution in [0.1, 0.15) is 26.3 Å². The molecule has 0 fully saturated rings. The number of benzene rings is 1. The van der Waals surface area contributed by atoms with Gasteiger partial charge in [-0.05, 0) is 31.2 Å². The Balaban J connectivity index is 2.21. The SMILES string of the molecule is COc1ccc(C)cc1C(=O)Nc1ccc(C(=O)O)cn1. The largest absolute Gasteiger partial charge is 0.496 e. The number of carboxylic acid groups (broad SMARTS) is 1. The molecule has 0 spiro atoms. The van der Waals surface area contributed by atoms with E-state index in [-0.39, 0.29) is 17.3 Å². The number of carbonyl (C=O) groups is 2. The van der Waals surface area contributed by atoms with Gasteiger partial charge in [-0.2, -0.15) is 0 Å². The van der Waals surface area contributed by atoms with Crippen molar-refractivity contribution in [3.63, 3.8) is 0 Å². The second-order valence-electron chi connectivity index (χ2n) is 4.40. The topological polar surface area (TPSA) is 88.5 Å². The zero-order chi connectivity index (χ0) is 15.4. The number of methoxy groups -OCH3 is 1. The first-order chi connectivity index (χ1) is 10.0. The first-order valence-electron chi connectivity index (χ1n) is 6.16. The highest BCUT2D eigenvalue weighted by atomic mass is 16.5. The number of hydrogen-bond acceptors (Lipinski definition) is 4. The lowest BCUT2D eigenvalue weighted by Crippen LogP contribution is -2.14. The number of aromatic nitrogens is 1. The van der Waals surface area contributed by atoms with Crippen molar-refractivity contribution in [1.29, 1.82) is 0 Å². The Hall–Kier alpha value is -2.89. The van der Waals surface area contributed by atoms with Crippen LogP contribution < -0.4 is 10.1 Å². The Morgan fingerprint density at radius 2 is 2.00 bits per heavy atom. The molecule has 0 unspecified atom stereocenters. The van der Waals surface area contributed by atoms with Crippen LogP contribution in [-0.4, -0.2) is 29.1 Å². The summed E-state index contributed by atoms with van der Waals surface area (Å²) in [5.74, 6) is -0.708. The number of aryl methyl sites for hydroxylation is 1. The Morgan fingerprint density at radius 3 is 2.57 bits per heavy atom. The molecule has 1 heterocycles. The summed E-state index contributed by atoms with van der Waals surface area (Å²) in [6.07, 6.45) is 1.19. The molecular weight excluding hydrogens is 272 g/mol. The number of nitrogens with zero attached hydrogens (tertiary/aromatic N) is 1. The highest BCUT2D eigenvalue weighted by molar-refractivity contribution is 6.06. The van der Waals surface area contributed by atoms with Crippen molar-refractivity contribution in [2.24, 2.45) is 0 Å². The molecule has 0 aliphatic heterocycles. The van der Waals surface area contributed by atoms with Crippen LogP contribution in [0.3, 0.4) is 0 Å². The maximum atomic E-state index is 12.2. The van der Waals surface area contributed by atoms with E-state index >= 15 is 0 Å². The molecule has 1 aromatic carbocycles. The fraction of sp³-hybridized carbons (Fsp3) is 0.133. The Labute approximate surface area is 121 Å². The lowest BCUT2D eigenvalue weighted by molar-refractivity contribution is 0.0696. The standard InChI is InChI=1S/C15H14N2O4/c1-9-3-5-12(21-2)11(7-9)14(18)17-13-6-4-10(8-16-13)15(19)20/h3-8H,1-2H3,(H,19,20)(H,16,17,18). The number of carbonyl (C=O) groups excluding carboxylic acids is 1. The van der Waals surface area contributed by atoms with Crippen LogP contribution in [-0.2, 0) is 0 Å². The van der Waals surface area contributed by atoms with Gasteiger partial charge in [0.15, 0.2) is 0 Å². The number of carboxylic acids is 1. The minimum Gasteiger partial charge on any atom is -0.496 e. The summed E-state index contributed by atoms with van der Waals surface area (Å²) in [6.45, 7) is 1.87. The van der Waals surface area contributed by atoms with Gasteiger partial charge in [-0.3, -0.25) is 4.79 Å². The Kier molecular flexibility index (Phi) is 4.18. The maximum Gasteiger partial charge on any atom is 0.337 e. The fourth-order valence-electron chi connectivity index (χ4n) is 1.78. The Bertz CT molecular complexity index is 681. The Morgan fingerprint density at radius 1 is 1.24 bits per heavy atom. The van der Waals surface area contributed by atoms with Gasteiger partial charge in [0.05, 0.1) is 18.2 Å². The van der Waals surface area contributed by atoms with Gasteiger partial charge in [0, 0.05) is 6.20 Å². The highest BCUT2D eigenvalue weighted by Crippen LogP contribution is 2.20. The van der Waals surface area contributed by atoms with Crippen molar-refractivity contribution in [3.8, 4) is 5.75 Å². The number of hydrogen-bond donors (Lipinski definition) is 2. The predicted molar refractivity (Wildman–Crippen MR) is 76.9 cm³/mol. The van der Waals surface area contributed by atoms with Gasteiger partial charge in [-0.15, -0.1) is 0 Å². The predicted octanol–water partition coefficient (Wildman–Crippen LogP) is 2.35. The van der Waals surface area contributed by atoms with E-state index in [1.165, 1.54) is 25.4 Å². The molecule has 0 aliphatic rings. The van der Waals surface area contributed by atoms with E-state index in [9.17, 15) is 9.59 Å². The zero-order valence-electron chi connectivity index (χ0n) is 11.6. The van der Waals surface area contributed by atoms with Gasteiger partial charge in [0.2, 0.25) is 0 Å². The van der Waals surface area contributed by atoms with E-state index in [1.54, 1.807) is 12.1 Å². The summed E-state index contributed by atoms with van der Waals surface area (Å²) in [5, 5.41) is 11.4. The summed E-state index contributed by atoms with van der Waals surface area (Å²) in [4.78, 5) is 26.8. The van der Waals surface area contributed by atoms with E-state index < -0.39 is 5.97 Å². The molecule has 2 rings (SSSR count). The molecule has 1 aromatic heterocycles. The summed E-state index contributed by atoms with van der Waals surface area (Å²) >= 11 is 0. The average molecular weight is 286 g/mol. The van der Waals surface area contributed by atoms with Gasteiger partial charge >= 0.3 is 5.97 Å². The molecular formula is C15H14N2O4. The smallest absolute Gasteiger partial charge is 0.337 e. The first kappa shape index (κ1) is 14.5. The van der Waals surface area contributed by atoms with E-state index in [4.69, 9.17) is 9.84 Å². The highest BCUT2D eigenvalue weighted by Gasteiger charge is 2.13. The van der Waals surface area contributed by atoms with Crippen molar-refractivity contribution < 1.29 is 19.4 Å². The number of pyridine rings is 1. The van der Waals surface area contributed by atoms with Crippen molar-refractivity contribution in [2.75, 3.05) is 12.4 Å². The summed E-state index contributed by atoms with van der Waals surface area (Å²) in [6, 6.07) is 8.07. The first-order valence-corrected chi connectivity index (χ1v) is 6.16. The molecule has 0 aliphatic carbocycles. The molecule has 0 radical (unpaired) electrons. The number of aromatic carboxylic acids is 1. The molecule has 6 nitrogen and oxygen atoms in total. The van der Waals surface area contributed by atoms with Crippen LogP contribution in [0.5, 0.6) is 5.75 Å². The third kappa shape index (κ3) is 3.36. The van der Waals surface area contributed by atoms with Crippen LogP contribution in [0.25, 0.3) is 0 Å². The second-order valence-corrected chi connectivity index (χ2v) is 4.40. The fourth-order valence-corrected chi connectivity index (χ4v) is 1.78. The van der Waals surface area contributed by atoms with Crippen molar-refractivity contribution in [3.05, 3.63) is 53.2 Å². The van der Waals surface area contributed by atoms with Gasteiger partial charge in [0.1, 0.15) is 11.6 Å². The molecule has 6 heteroatoms. The third-order valence-electron chi connectivity index (χ3n) is 2.85. The van der Waals surface area contributed by atoms with Crippen LogP contribution in [0, 0.1) is 6.92 Å². The van der Waals surface area contributed by atoms with Gasteiger partial charge in [-0.1, -0.05) is 11.6 Å². The number of amides is 1. The number of rotatable bonds is 4. The van der Waals surface area contributed by atoms with Crippen LogP contribution in [0.15, 0.2) is 36.5 Å². The molecule has 1 amide bonds. The quantitative estimate of drug-likeness (QED) is 0.900. The molecule has 0 saturated heterocycles. The molecule has 2 aromatic rings. The normalized spacial score (nSPS) is 10.0. The number of nitrogens with one attached hydrogen (secondary N) is 1. The van der Waals surface area contributed by atoms with Crippen molar-refractivity contribution >= 4 is 17.7 Å². The molecule has 21 heavy (non-hydrogen) atoms. The summed E-state index contributed by atoms with van der Waals surface area (Å²) in [7, 11) is 1.49. The van der Waals surface area contributed by atoms with Crippen molar-refractivity contribution in [2.45, 2.75) is 6.92 Å². The lowest BCUT2D eigenvalue weighted by Gasteiger charge is -2.09. The third-order valence-corrected chi connectivity index (χ3v) is 2.85. The van der Waals surface area contributed by atoms with Gasteiger partial charge in [-0.25, -0.2) is 9.78 Å². The minimum atomic E-state index is -1.07. The van der Waals surface area contributed by atoms with Crippen LogP contribution in [0.2, 0.25) is 0 Å². The van der Waals surface area contributed by atoms with Crippen molar-refractivity contribution in [1.82, 2.24) is 4.98 Å². The molecule has 0 bridgehead atoms. The lowest BCUT2D eigenvalue weighted by atomic mass is 10.1. The van der Waals surface area contributed by atoms with Crippen LogP contribution >= 0.6 is 0 Å². The minimum absolute atomic E-state index is 0.0566. The average Bonchev–Trinajstić information content (AvgIpc) is 2.47. The van der Waals surface area contributed by atoms with Gasteiger partial charge in [0.25, 0.3) is 5.91 Å². The van der Waals surface area contributed by atoms with Gasteiger partial charge < -0.3 is 15.2 Å². The van der Waals surface area contributed by atoms with E-state index in [0.29, 0.717) is 11.3 Å². The van der Waals surface area contributed by atoms with E-state index in [0.717, 1.165) is 5.56 Å². The number of anilines is 1. The number of ether oxygens (including phenoxy) is 1. The maximum absolute atomic E-state index is 12.2. The zero-order valence-corrected chi connectivity index (χ0v) is 11.6. The summed E-state index contributed by atoms with van der Waals surface area (Å²) < 4.78 is 5.15. The van der Waals surface area contributed by atoms with Crippen LogP contribution in [0.4, 0.5) is 5.82 Å². The molecule has 0 saturated carbocycles. The molecule has 0 atom stereocenters. The second kappa shape index (κ2) is 6.04. The molecule has 2 N–H and O–H groups in total. The van der Waals surface area contributed by atoms with E-state index in [1.807, 2.05) is 13.0 Å². The molecule has 108 valence electrons.